The summed E-state index contributed by atoms with van der Waals surface area (Å²) < 4.78 is 2.66. The Morgan fingerprint density at radius 3 is 1.00 bits per heavy atom. The molecular formula is C60H40S. The predicted molar refractivity (Wildman–Crippen MR) is 266 cm³/mol. The van der Waals surface area contributed by atoms with E-state index < -0.39 is 0 Å². The quantitative estimate of drug-likeness (QED) is 0.152. The van der Waals surface area contributed by atoms with Gasteiger partial charge in [0.25, 0.3) is 0 Å². The van der Waals surface area contributed by atoms with Gasteiger partial charge in [0.2, 0.25) is 0 Å². The molecule has 0 aliphatic heterocycles. The van der Waals surface area contributed by atoms with Gasteiger partial charge in [-0.3, -0.25) is 0 Å². The van der Waals surface area contributed by atoms with Crippen molar-refractivity contribution in [1.29, 1.82) is 0 Å². The lowest BCUT2D eigenvalue weighted by atomic mass is 9.81. The van der Waals surface area contributed by atoms with Crippen LogP contribution in [0.25, 0.3) is 119 Å². The van der Waals surface area contributed by atoms with Crippen LogP contribution in [0.4, 0.5) is 0 Å². The van der Waals surface area contributed by atoms with E-state index in [2.05, 4.69) is 220 Å². The first kappa shape index (κ1) is 35.6. The lowest BCUT2D eigenvalue weighted by molar-refractivity contribution is 1.34. The molecule has 12 rings (SSSR count). The first-order valence-corrected chi connectivity index (χ1v) is 22.0. The molecule has 0 bridgehead atoms. The maximum atomic E-state index is 2.36. The Morgan fingerprint density at radius 1 is 0.230 bits per heavy atom. The van der Waals surface area contributed by atoms with E-state index in [-0.39, 0.29) is 0 Å². The normalized spacial score (nSPS) is 11.8. The smallest absolute Gasteiger partial charge is 0.0361 e. The Hall–Kier alpha value is -7.32. The SMILES string of the molecule is Cc1ccc(-c2ccc(-c3c4ccccc4c(-c4c5ccccc5c(-c5ccc(-c6ccc7c(c6)sc6ccccc67)cc5)c5ccccc45)c4ccccc34)cc2)cc1C. The predicted octanol–water partition coefficient (Wildman–Crippen LogP) is 17.6. The summed E-state index contributed by atoms with van der Waals surface area (Å²) in [6.07, 6.45) is 0. The van der Waals surface area contributed by atoms with Crippen LogP contribution in [-0.4, -0.2) is 0 Å². The van der Waals surface area contributed by atoms with Crippen LogP contribution in [0.5, 0.6) is 0 Å². The van der Waals surface area contributed by atoms with Gasteiger partial charge < -0.3 is 0 Å². The van der Waals surface area contributed by atoms with Crippen LogP contribution in [0.15, 0.2) is 206 Å². The summed E-state index contributed by atoms with van der Waals surface area (Å²) >= 11 is 1.87. The van der Waals surface area contributed by atoms with Gasteiger partial charge >= 0.3 is 0 Å². The van der Waals surface area contributed by atoms with Crippen LogP contribution in [0.3, 0.4) is 0 Å². The third-order valence-corrected chi connectivity index (χ3v) is 14.1. The number of fused-ring (bicyclic) bond motifs is 7. The minimum Gasteiger partial charge on any atom is -0.135 e. The van der Waals surface area contributed by atoms with Crippen LogP contribution >= 0.6 is 11.3 Å². The molecule has 0 radical (unpaired) electrons. The lowest BCUT2D eigenvalue weighted by Crippen LogP contribution is -1.94. The molecule has 286 valence electrons. The van der Waals surface area contributed by atoms with Gasteiger partial charge in [-0.1, -0.05) is 194 Å². The maximum Gasteiger partial charge on any atom is 0.0361 e. The molecule has 11 aromatic carbocycles. The molecule has 0 atom stereocenters. The van der Waals surface area contributed by atoms with E-state index in [9.17, 15) is 0 Å². The Bertz CT molecular complexity index is 3580. The molecule has 0 saturated heterocycles. The van der Waals surface area contributed by atoms with Gasteiger partial charge in [0.05, 0.1) is 0 Å². The zero-order valence-electron chi connectivity index (χ0n) is 34.0. The molecule has 0 fully saturated rings. The van der Waals surface area contributed by atoms with E-state index in [0.717, 1.165) is 0 Å². The Morgan fingerprint density at radius 2 is 0.557 bits per heavy atom. The summed E-state index contributed by atoms with van der Waals surface area (Å²) in [5.74, 6) is 0. The highest BCUT2D eigenvalue weighted by molar-refractivity contribution is 7.25. The van der Waals surface area contributed by atoms with Crippen molar-refractivity contribution in [1.82, 2.24) is 0 Å². The van der Waals surface area contributed by atoms with Gasteiger partial charge in [0, 0.05) is 20.2 Å². The maximum absolute atomic E-state index is 2.36. The molecule has 0 spiro atoms. The number of hydrogen-bond donors (Lipinski definition) is 0. The molecule has 0 amide bonds. The van der Waals surface area contributed by atoms with Crippen molar-refractivity contribution in [3.8, 4) is 55.6 Å². The Balaban J connectivity index is 1.04. The van der Waals surface area contributed by atoms with Gasteiger partial charge in [-0.15, -0.1) is 11.3 Å². The number of hydrogen-bond acceptors (Lipinski definition) is 1. The van der Waals surface area contributed by atoms with Crippen molar-refractivity contribution in [3.63, 3.8) is 0 Å². The summed E-state index contributed by atoms with van der Waals surface area (Å²) in [6.45, 7) is 4.37. The number of thiophene rings is 1. The van der Waals surface area contributed by atoms with Gasteiger partial charge in [0.1, 0.15) is 0 Å². The molecule has 12 aromatic rings. The van der Waals surface area contributed by atoms with Crippen LogP contribution in [0, 0.1) is 13.8 Å². The van der Waals surface area contributed by atoms with E-state index in [0.29, 0.717) is 0 Å². The minimum absolute atomic E-state index is 1.22. The Kier molecular flexibility index (Phi) is 8.27. The van der Waals surface area contributed by atoms with E-state index in [1.165, 1.54) is 130 Å². The highest BCUT2D eigenvalue weighted by Gasteiger charge is 2.22. The molecule has 1 heterocycles. The molecule has 0 unspecified atom stereocenters. The van der Waals surface area contributed by atoms with Gasteiger partial charge in [0.15, 0.2) is 0 Å². The summed E-state index contributed by atoms with van der Waals surface area (Å²) in [7, 11) is 0. The van der Waals surface area contributed by atoms with Crippen LogP contribution in [0.1, 0.15) is 11.1 Å². The van der Waals surface area contributed by atoms with Gasteiger partial charge in [-0.25, -0.2) is 0 Å². The number of aryl methyl sites for hydroxylation is 2. The largest absolute Gasteiger partial charge is 0.135 e. The second kappa shape index (κ2) is 14.2. The standard InChI is InChI=1S/C60H40S/c1-37-23-24-43(35-38(37)2)39-25-29-41(30-26-39)57-47-14-3-7-18-51(47)59(52-19-8-4-15-48(52)57)60-53-20-9-5-16-49(53)58(50-17-6-10-21-54(50)60)42-31-27-40(28-32-42)44-33-34-46-45-13-11-12-22-55(45)61-56(46)36-44/h3-36H,1-2H3. The fourth-order valence-corrected chi connectivity index (χ4v) is 11.0. The van der Waals surface area contributed by atoms with Crippen LogP contribution in [-0.2, 0) is 0 Å². The van der Waals surface area contributed by atoms with E-state index in [1.807, 2.05) is 11.3 Å². The topological polar surface area (TPSA) is 0 Å². The molecule has 0 nitrogen and oxygen atoms in total. The average molecular weight is 793 g/mol. The second-order valence-electron chi connectivity index (χ2n) is 16.4. The van der Waals surface area contributed by atoms with Crippen molar-refractivity contribution in [2.24, 2.45) is 0 Å². The summed E-state index contributed by atoms with van der Waals surface area (Å²) in [5.41, 5.74) is 15.2. The van der Waals surface area contributed by atoms with Crippen molar-refractivity contribution < 1.29 is 0 Å². The second-order valence-corrected chi connectivity index (χ2v) is 17.5. The zero-order valence-corrected chi connectivity index (χ0v) is 34.9. The number of benzene rings is 11. The highest BCUT2D eigenvalue weighted by atomic mass is 32.1. The fraction of sp³-hybridized carbons (Fsp3) is 0.0333. The molecule has 1 heteroatoms. The Labute approximate surface area is 359 Å². The van der Waals surface area contributed by atoms with Crippen LogP contribution in [0.2, 0.25) is 0 Å². The molecule has 1 aromatic heterocycles. The fourth-order valence-electron chi connectivity index (χ4n) is 9.90. The van der Waals surface area contributed by atoms with E-state index in [1.54, 1.807) is 0 Å². The van der Waals surface area contributed by atoms with Crippen molar-refractivity contribution in [3.05, 3.63) is 217 Å². The number of rotatable bonds is 5. The highest BCUT2D eigenvalue weighted by Crippen LogP contribution is 2.50. The molecule has 0 aliphatic carbocycles. The average Bonchev–Trinajstić information content (AvgIpc) is 3.69. The monoisotopic (exact) mass is 792 g/mol. The first-order chi connectivity index (χ1) is 30.1. The van der Waals surface area contributed by atoms with Crippen molar-refractivity contribution >= 4 is 74.6 Å². The first-order valence-electron chi connectivity index (χ1n) is 21.2. The van der Waals surface area contributed by atoms with Gasteiger partial charge in [-0.2, -0.15) is 0 Å². The van der Waals surface area contributed by atoms with Gasteiger partial charge in [-0.05, 0) is 136 Å². The molecule has 0 N–H and O–H groups in total. The van der Waals surface area contributed by atoms with Crippen molar-refractivity contribution in [2.75, 3.05) is 0 Å². The zero-order chi connectivity index (χ0) is 40.6. The molecule has 0 aliphatic rings. The summed E-state index contributed by atoms with van der Waals surface area (Å²) in [5, 5.41) is 12.7. The third kappa shape index (κ3) is 5.73. The van der Waals surface area contributed by atoms with Crippen LogP contribution < -0.4 is 0 Å². The van der Waals surface area contributed by atoms with E-state index >= 15 is 0 Å². The lowest BCUT2D eigenvalue weighted by Gasteiger charge is -2.22. The van der Waals surface area contributed by atoms with E-state index in [4.69, 9.17) is 0 Å². The minimum atomic E-state index is 1.22. The summed E-state index contributed by atoms with van der Waals surface area (Å²) in [4.78, 5) is 0. The molecule has 0 saturated carbocycles. The molecular weight excluding hydrogens is 753 g/mol. The van der Waals surface area contributed by atoms with Crippen molar-refractivity contribution in [2.45, 2.75) is 13.8 Å². The molecule has 61 heavy (non-hydrogen) atoms. The summed E-state index contributed by atoms with van der Waals surface area (Å²) in [6, 6.07) is 77.0. The third-order valence-electron chi connectivity index (χ3n) is 13.0.